The monoisotopic (exact) mass is 220 g/mol. The maximum absolute atomic E-state index is 5.49. The van der Waals surface area contributed by atoms with E-state index in [0.717, 1.165) is 25.4 Å². The van der Waals surface area contributed by atoms with Gasteiger partial charge in [0.15, 0.2) is 0 Å². The molecule has 1 saturated carbocycles. The van der Waals surface area contributed by atoms with Gasteiger partial charge in [0, 0.05) is 5.92 Å². The zero-order chi connectivity index (χ0) is 11.4. The molecular weight excluding hydrogens is 200 g/mol. The molecule has 4 unspecified atom stereocenters. The normalized spacial score (nSPS) is 36.5. The van der Waals surface area contributed by atoms with E-state index in [1.807, 2.05) is 0 Å². The summed E-state index contributed by atoms with van der Waals surface area (Å²) >= 11 is 0. The summed E-state index contributed by atoms with van der Waals surface area (Å²) < 4.78 is 10.8. The molecule has 16 heavy (non-hydrogen) atoms. The van der Waals surface area contributed by atoms with Crippen LogP contribution in [-0.4, -0.2) is 12.7 Å². The third-order valence-corrected chi connectivity index (χ3v) is 3.76. The molecule has 2 aliphatic rings. The standard InChI is InChI=1S/C14H20O2/c1-3-15-10-12-6-5-11-9-13(16-4-2)7-8-14(11)12/h3-6,11-14H,1-2,7-10H2. The van der Waals surface area contributed by atoms with Gasteiger partial charge in [-0.05, 0) is 31.1 Å². The van der Waals surface area contributed by atoms with Gasteiger partial charge in [0.2, 0.25) is 0 Å². The lowest BCUT2D eigenvalue weighted by Gasteiger charge is -2.33. The first kappa shape index (κ1) is 11.3. The highest BCUT2D eigenvalue weighted by atomic mass is 16.5. The summed E-state index contributed by atoms with van der Waals surface area (Å²) in [6.45, 7) is 7.98. The molecule has 2 nitrogen and oxygen atoms in total. The first-order valence-corrected chi connectivity index (χ1v) is 6.02. The number of hydrogen-bond donors (Lipinski definition) is 0. The van der Waals surface area contributed by atoms with Crippen molar-refractivity contribution in [3.8, 4) is 0 Å². The molecular formula is C14H20O2. The fourth-order valence-corrected chi connectivity index (χ4v) is 2.99. The van der Waals surface area contributed by atoms with Crippen molar-refractivity contribution in [2.75, 3.05) is 6.61 Å². The maximum atomic E-state index is 5.49. The molecule has 0 aliphatic heterocycles. The molecule has 0 aromatic heterocycles. The van der Waals surface area contributed by atoms with Gasteiger partial charge >= 0.3 is 0 Å². The van der Waals surface area contributed by atoms with Crippen LogP contribution in [-0.2, 0) is 9.47 Å². The number of hydrogen-bond acceptors (Lipinski definition) is 2. The van der Waals surface area contributed by atoms with Crippen molar-refractivity contribution in [2.45, 2.75) is 25.4 Å². The first-order valence-electron chi connectivity index (χ1n) is 6.02. The average molecular weight is 220 g/mol. The van der Waals surface area contributed by atoms with Crippen LogP contribution in [0.15, 0.2) is 37.8 Å². The Hall–Kier alpha value is -1.18. The third-order valence-electron chi connectivity index (χ3n) is 3.76. The minimum atomic E-state index is 0.363. The van der Waals surface area contributed by atoms with Crippen LogP contribution < -0.4 is 0 Å². The van der Waals surface area contributed by atoms with Gasteiger partial charge < -0.3 is 9.47 Å². The number of allylic oxidation sites excluding steroid dienone is 1. The predicted molar refractivity (Wildman–Crippen MR) is 64.7 cm³/mol. The third kappa shape index (κ3) is 2.31. The fraction of sp³-hybridized carbons (Fsp3) is 0.571. The Kier molecular flexibility index (Phi) is 3.70. The van der Waals surface area contributed by atoms with Crippen molar-refractivity contribution in [2.24, 2.45) is 17.8 Å². The Morgan fingerprint density at radius 2 is 2.06 bits per heavy atom. The lowest BCUT2D eigenvalue weighted by molar-refractivity contribution is 0.0530. The van der Waals surface area contributed by atoms with Crippen molar-refractivity contribution in [3.05, 3.63) is 37.8 Å². The largest absolute Gasteiger partial charge is 0.501 e. The second kappa shape index (κ2) is 5.24. The summed E-state index contributed by atoms with van der Waals surface area (Å²) in [5.74, 6) is 1.97. The van der Waals surface area contributed by atoms with Crippen LogP contribution in [0.25, 0.3) is 0 Å². The topological polar surface area (TPSA) is 18.5 Å². The lowest BCUT2D eigenvalue weighted by Crippen LogP contribution is -2.29. The Bertz CT molecular complexity index is 282. The van der Waals surface area contributed by atoms with Crippen LogP contribution in [0.5, 0.6) is 0 Å². The molecule has 0 heterocycles. The Labute approximate surface area is 97.6 Å². The second-order valence-electron chi connectivity index (χ2n) is 4.61. The summed E-state index contributed by atoms with van der Waals surface area (Å²) in [6.07, 6.45) is 11.6. The van der Waals surface area contributed by atoms with Crippen LogP contribution in [0.4, 0.5) is 0 Å². The van der Waals surface area contributed by atoms with E-state index in [9.17, 15) is 0 Å². The molecule has 2 aliphatic carbocycles. The van der Waals surface area contributed by atoms with E-state index >= 15 is 0 Å². The lowest BCUT2D eigenvalue weighted by atomic mass is 9.76. The molecule has 4 atom stereocenters. The average Bonchev–Trinajstić information content (AvgIpc) is 2.69. The molecule has 0 aromatic carbocycles. The smallest absolute Gasteiger partial charge is 0.0984 e. The van der Waals surface area contributed by atoms with E-state index in [1.165, 1.54) is 12.7 Å². The molecule has 0 bridgehead atoms. The van der Waals surface area contributed by atoms with E-state index in [4.69, 9.17) is 9.47 Å². The van der Waals surface area contributed by atoms with E-state index in [1.54, 1.807) is 6.26 Å². The van der Waals surface area contributed by atoms with Crippen molar-refractivity contribution < 1.29 is 9.47 Å². The molecule has 2 rings (SSSR count). The molecule has 1 fully saturated rings. The quantitative estimate of drug-likeness (QED) is 0.523. The second-order valence-corrected chi connectivity index (χ2v) is 4.61. The van der Waals surface area contributed by atoms with Crippen molar-refractivity contribution in [3.63, 3.8) is 0 Å². The molecule has 0 aromatic rings. The van der Waals surface area contributed by atoms with Gasteiger partial charge in [-0.25, -0.2) is 0 Å². The van der Waals surface area contributed by atoms with Gasteiger partial charge in [-0.2, -0.15) is 0 Å². The van der Waals surface area contributed by atoms with Crippen LogP contribution in [0.3, 0.4) is 0 Å². The summed E-state index contributed by atoms with van der Waals surface area (Å²) in [4.78, 5) is 0. The van der Waals surface area contributed by atoms with Gasteiger partial charge in [0.1, 0.15) is 0 Å². The predicted octanol–water partition coefficient (Wildman–Crippen LogP) is 3.28. The number of fused-ring (bicyclic) bond motifs is 1. The van der Waals surface area contributed by atoms with E-state index in [-0.39, 0.29) is 0 Å². The number of rotatable bonds is 5. The van der Waals surface area contributed by atoms with Crippen LogP contribution in [0, 0.1) is 17.8 Å². The van der Waals surface area contributed by atoms with E-state index in [0.29, 0.717) is 17.9 Å². The van der Waals surface area contributed by atoms with Crippen molar-refractivity contribution in [1.82, 2.24) is 0 Å². The van der Waals surface area contributed by atoms with Crippen molar-refractivity contribution in [1.29, 1.82) is 0 Å². The van der Waals surface area contributed by atoms with Gasteiger partial charge in [0.25, 0.3) is 0 Å². The van der Waals surface area contributed by atoms with Crippen LogP contribution >= 0.6 is 0 Å². The van der Waals surface area contributed by atoms with Gasteiger partial charge in [0.05, 0.1) is 25.2 Å². The summed E-state index contributed by atoms with van der Waals surface area (Å²) in [6, 6.07) is 0. The summed E-state index contributed by atoms with van der Waals surface area (Å²) in [5, 5.41) is 0. The fourth-order valence-electron chi connectivity index (χ4n) is 2.99. The van der Waals surface area contributed by atoms with Crippen molar-refractivity contribution >= 4 is 0 Å². The SMILES string of the molecule is C=COCC1C=CC2CC(OC=C)CCC12. The Morgan fingerprint density at radius 3 is 2.81 bits per heavy atom. The van der Waals surface area contributed by atoms with E-state index in [2.05, 4.69) is 25.3 Å². The highest BCUT2D eigenvalue weighted by Gasteiger charge is 2.37. The molecule has 0 N–H and O–H groups in total. The van der Waals surface area contributed by atoms with Crippen LogP contribution in [0.2, 0.25) is 0 Å². The molecule has 0 spiro atoms. The Morgan fingerprint density at radius 1 is 1.19 bits per heavy atom. The summed E-state index contributed by atoms with van der Waals surface area (Å²) in [7, 11) is 0. The van der Waals surface area contributed by atoms with E-state index < -0.39 is 0 Å². The highest BCUT2D eigenvalue weighted by molar-refractivity contribution is 5.09. The number of ether oxygens (including phenoxy) is 2. The molecule has 2 heteroatoms. The Balaban J connectivity index is 1.87. The molecule has 0 saturated heterocycles. The molecule has 88 valence electrons. The first-order chi connectivity index (χ1) is 7.85. The molecule has 0 amide bonds. The molecule has 0 radical (unpaired) electrons. The minimum absolute atomic E-state index is 0.363. The van der Waals surface area contributed by atoms with Gasteiger partial charge in [-0.1, -0.05) is 25.3 Å². The summed E-state index contributed by atoms with van der Waals surface area (Å²) in [5.41, 5.74) is 0. The zero-order valence-electron chi connectivity index (χ0n) is 9.68. The highest BCUT2D eigenvalue weighted by Crippen LogP contribution is 2.42. The van der Waals surface area contributed by atoms with Gasteiger partial charge in [-0.3, -0.25) is 0 Å². The minimum Gasteiger partial charge on any atom is -0.501 e. The van der Waals surface area contributed by atoms with Gasteiger partial charge in [-0.15, -0.1) is 0 Å². The zero-order valence-corrected chi connectivity index (χ0v) is 9.68. The van der Waals surface area contributed by atoms with Crippen LogP contribution in [0.1, 0.15) is 19.3 Å². The maximum Gasteiger partial charge on any atom is 0.0984 e.